The van der Waals surface area contributed by atoms with Gasteiger partial charge < -0.3 is 0 Å². The van der Waals surface area contributed by atoms with Crippen molar-refractivity contribution in [1.82, 2.24) is 0 Å². The average Bonchev–Trinajstić information content (AvgIpc) is 3.28. The van der Waals surface area contributed by atoms with Gasteiger partial charge in [-0.15, -0.1) is 0 Å². The molecule has 3 fully saturated rings. The van der Waals surface area contributed by atoms with E-state index >= 15 is 0 Å². The van der Waals surface area contributed by atoms with Crippen LogP contribution >= 0.6 is 11.6 Å². The predicted molar refractivity (Wildman–Crippen MR) is 97.4 cm³/mol. The van der Waals surface area contributed by atoms with Crippen LogP contribution < -0.4 is 4.90 Å². The van der Waals surface area contributed by atoms with Crippen LogP contribution in [0, 0.1) is 30.6 Å². The number of imide groups is 1. The summed E-state index contributed by atoms with van der Waals surface area (Å²) in [6.45, 7) is 1.93. The number of allylic oxidation sites excluding steroid dienone is 2. The number of anilines is 1. The molecule has 0 unspecified atom stereocenters. The molecule has 1 heterocycles. The second-order valence-corrected chi connectivity index (χ2v) is 8.45. The van der Waals surface area contributed by atoms with E-state index in [-0.39, 0.29) is 23.7 Å². The van der Waals surface area contributed by atoms with E-state index in [4.69, 9.17) is 11.6 Å². The molecule has 1 aromatic carbocycles. The van der Waals surface area contributed by atoms with Crippen molar-refractivity contribution in [3.05, 3.63) is 39.9 Å². The van der Waals surface area contributed by atoms with E-state index < -0.39 is 0 Å². The Morgan fingerprint density at radius 2 is 1.52 bits per heavy atom. The normalized spacial score (nSPS) is 33.8. The second kappa shape index (κ2) is 5.44. The Morgan fingerprint density at radius 3 is 2.04 bits per heavy atom. The summed E-state index contributed by atoms with van der Waals surface area (Å²) in [5.41, 5.74) is 4.67. The predicted octanol–water partition coefficient (Wildman–Crippen LogP) is 4.66. The zero-order valence-corrected chi connectivity index (χ0v) is 15.2. The van der Waals surface area contributed by atoms with Gasteiger partial charge in [0, 0.05) is 5.02 Å². The molecule has 1 saturated heterocycles. The number of fused-ring (bicyclic) bond motifs is 5. The maximum Gasteiger partial charge on any atom is 0.238 e. The van der Waals surface area contributed by atoms with Crippen LogP contribution in [0.25, 0.3) is 0 Å². The largest absolute Gasteiger partial charge is 0.274 e. The van der Waals surface area contributed by atoms with E-state index in [1.807, 2.05) is 19.1 Å². The van der Waals surface area contributed by atoms with Crippen molar-refractivity contribution >= 4 is 29.1 Å². The highest BCUT2D eigenvalue weighted by atomic mass is 35.5. The molecule has 25 heavy (non-hydrogen) atoms. The summed E-state index contributed by atoms with van der Waals surface area (Å²) < 4.78 is 0. The summed E-state index contributed by atoms with van der Waals surface area (Å²) in [7, 11) is 0. The Labute approximate surface area is 153 Å². The van der Waals surface area contributed by atoms with Crippen LogP contribution in [-0.2, 0) is 9.59 Å². The zero-order chi connectivity index (χ0) is 17.3. The van der Waals surface area contributed by atoms with E-state index in [0.29, 0.717) is 22.5 Å². The number of hydrogen-bond donors (Lipinski definition) is 0. The van der Waals surface area contributed by atoms with Crippen LogP contribution in [0.1, 0.15) is 44.1 Å². The van der Waals surface area contributed by atoms with E-state index in [1.165, 1.54) is 16.0 Å². The molecule has 1 aromatic rings. The molecule has 0 radical (unpaired) electrons. The fourth-order valence-corrected chi connectivity index (χ4v) is 6.04. The maximum absolute atomic E-state index is 13.3. The molecule has 2 saturated carbocycles. The minimum absolute atomic E-state index is 0.00488. The van der Waals surface area contributed by atoms with Gasteiger partial charge in [-0.25, -0.2) is 4.90 Å². The highest BCUT2D eigenvalue weighted by molar-refractivity contribution is 6.32. The third kappa shape index (κ3) is 2.05. The van der Waals surface area contributed by atoms with E-state index in [0.717, 1.165) is 44.1 Å². The molecule has 130 valence electrons. The fourth-order valence-electron chi connectivity index (χ4n) is 5.87. The number of hydrogen-bond acceptors (Lipinski definition) is 2. The Kier molecular flexibility index (Phi) is 3.40. The molecule has 4 aliphatic rings. The summed E-state index contributed by atoms with van der Waals surface area (Å²) in [5, 5.41) is 0.606. The quantitative estimate of drug-likeness (QED) is 0.542. The topological polar surface area (TPSA) is 37.4 Å². The smallest absolute Gasteiger partial charge is 0.238 e. The van der Waals surface area contributed by atoms with Crippen molar-refractivity contribution in [2.24, 2.45) is 23.7 Å². The van der Waals surface area contributed by atoms with Gasteiger partial charge >= 0.3 is 0 Å². The average molecular weight is 356 g/mol. The molecule has 3 nitrogen and oxygen atoms in total. The minimum atomic E-state index is -0.142. The molecule has 0 aromatic heterocycles. The lowest BCUT2D eigenvalue weighted by Gasteiger charge is -2.34. The summed E-state index contributed by atoms with van der Waals surface area (Å²) in [5.74, 6) is 0.331. The first kappa shape index (κ1) is 15.6. The van der Waals surface area contributed by atoms with E-state index in [9.17, 15) is 9.59 Å². The van der Waals surface area contributed by atoms with Crippen LogP contribution in [-0.4, -0.2) is 11.8 Å². The van der Waals surface area contributed by atoms with Crippen LogP contribution in [0.15, 0.2) is 29.3 Å². The van der Waals surface area contributed by atoms with Crippen LogP contribution in [0.4, 0.5) is 5.69 Å². The monoisotopic (exact) mass is 355 g/mol. The van der Waals surface area contributed by atoms with Gasteiger partial charge in [-0.2, -0.15) is 0 Å². The number of halogens is 1. The van der Waals surface area contributed by atoms with Crippen molar-refractivity contribution in [3.8, 4) is 0 Å². The van der Waals surface area contributed by atoms with Gasteiger partial charge in [-0.3, -0.25) is 9.59 Å². The Hall–Kier alpha value is -1.61. The molecule has 0 N–H and O–H groups in total. The number of rotatable bonds is 1. The first-order valence-electron chi connectivity index (χ1n) is 9.43. The lowest BCUT2D eigenvalue weighted by molar-refractivity contribution is -0.122. The van der Waals surface area contributed by atoms with Gasteiger partial charge in [0.25, 0.3) is 0 Å². The minimum Gasteiger partial charge on any atom is -0.274 e. The molecule has 0 spiro atoms. The summed E-state index contributed by atoms with van der Waals surface area (Å²) in [6.07, 6.45) is 6.73. The number of aryl methyl sites for hydroxylation is 1. The number of nitrogens with zero attached hydrogens (tertiary/aromatic N) is 1. The Morgan fingerprint density at radius 1 is 0.960 bits per heavy atom. The second-order valence-electron chi connectivity index (χ2n) is 8.04. The lowest BCUT2D eigenvalue weighted by Crippen LogP contribution is -2.35. The summed E-state index contributed by atoms with van der Waals surface area (Å²) >= 11 is 6.26. The third-order valence-corrected chi connectivity index (χ3v) is 7.32. The molecule has 5 rings (SSSR count). The molecular weight excluding hydrogens is 334 g/mol. The lowest BCUT2D eigenvalue weighted by atomic mass is 9.66. The molecule has 4 heteroatoms. The number of carbonyl (C=O) groups excluding carboxylic acids is 2. The van der Waals surface area contributed by atoms with Gasteiger partial charge in [-0.05, 0) is 75.0 Å². The van der Waals surface area contributed by atoms with Crippen molar-refractivity contribution in [2.75, 3.05) is 4.90 Å². The third-order valence-electron chi connectivity index (χ3n) is 6.91. The van der Waals surface area contributed by atoms with Gasteiger partial charge in [0.2, 0.25) is 11.8 Å². The molecular formula is C21H22ClNO2. The van der Waals surface area contributed by atoms with Crippen LogP contribution in [0.5, 0.6) is 0 Å². The van der Waals surface area contributed by atoms with Crippen molar-refractivity contribution in [1.29, 1.82) is 0 Å². The van der Waals surface area contributed by atoms with Crippen LogP contribution in [0.2, 0.25) is 5.02 Å². The van der Waals surface area contributed by atoms with Gasteiger partial charge in [0.1, 0.15) is 0 Å². The fraction of sp³-hybridized carbons (Fsp3) is 0.524. The summed E-state index contributed by atoms with van der Waals surface area (Å²) in [6, 6.07) is 5.51. The Balaban J connectivity index is 1.60. The maximum atomic E-state index is 13.3. The van der Waals surface area contributed by atoms with Crippen LogP contribution in [0.3, 0.4) is 0 Å². The van der Waals surface area contributed by atoms with Crippen molar-refractivity contribution < 1.29 is 9.59 Å². The standard InChI is InChI=1S/C21H22ClNO2/c1-11-8-9-12(10-17(11)22)23-20(24)18-15-6-2-4-13(15)14-5-3-7-16(14)19(18)21(23)25/h8-10,15-16,18-19H,2-7H2,1H3/t15-,16+,18+,19-. The number of benzene rings is 1. The van der Waals surface area contributed by atoms with Gasteiger partial charge in [0.15, 0.2) is 0 Å². The van der Waals surface area contributed by atoms with Crippen molar-refractivity contribution in [2.45, 2.75) is 45.4 Å². The number of amides is 2. The molecule has 1 aliphatic heterocycles. The SMILES string of the molecule is Cc1ccc(N2C(=O)[C@@H]3[C@H](C2=O)[C@H]2CCCC2=C2CCC[C@H]23)cc1Cl. The van der Waals surface area contributed by atoms with E-state index in [2.05, 4.69) is 0 Å². The number of carbonyl (C=O) groups is 2. The molecule has 4 atom stereocenters. The molecule has 2 amide bonds. The molecule has 3 aliphatic carbocycles. The first-order chi connectivity index (χ1) is 12.1. The highest BCUT2D eigenvalue weighted by Gasteiger charge is 2.59. The van der Waals surface area contributed by atoms with Gasteiger partial charge in [-0.1, -0.05) is 28.8 Å². The zero-order valence-electron chi connectivity index (χ0n) is 14.4. The van der Waals surface area contributed by atoms with Crippen molar-refractivity contribution in [3.63, 3.8) is 0 Å². The van der Waals surface area contributed by atoms with E-state index in [1.54, 1.807) is 6.07 Å². The highest BCUT2D eigenvalue weighted by Crippen LogP contribution is 2.57. The first-order valence-corrected chi connectivity index (χ1v) is 9.81. The molecule has 0 bridgehead atoms. The summed E-state index contributed by atoms with van der Waals surface area (Å²) in [4.78, 5) is 28.1. The van der Waals surface area contributed by atoms with Gasteiger partial charge in [0.05, 0.1) is 17.5 Å². The Bertz CT molecular complexity index is 785.